The molecular weight excluding hydrogens is 308 g/mol. The highest BCUT2D eigenvalue weighted by atomic mass is 16.6. The van der Waals surface area contributed by atoms with Gasteiger partial charge in [-0.15, -0.1) is 0 Å². The van der Waals surface area contributed by atoms with E-state index in [9.17, 15) is 14.9 Å². The van der Waals surface area contributed by atoms with Crippen LogP contribution in [0.4, 0.5) is 11.4 Å². The van der Waals surface area contributed by atoms with Gasteiger partial charge in [-0.3, -0.25) is 19.9 Å². The van der Waals surface area contributed by atoms with Crippen molar-refractivity contribution in [1.82, 2.24) is 10.3 Å². The topological polar surface area (TPSA) is 88.4 Å². The number of nitrogens with zero attached hydrogens (tertiary/aromatic N) is 3. The molecule has 2 heterocycles. The van der Waals surface area contributed by atoms with Gasteiger partial charge in [-0.05, 0) is 31.9 Å². The molecule has 1 amide bonds. The van der Waals surface area contributed by atoms with Crippen LogP contribution in [0.2, 0.25) is 0 Å². The van der Waals surface area contributed by atoms with E-state index < -0.39 is 0 Å². The number of amides is 1. The maximum Gasteiger partial charge on any atom is 0.278 e. The third-order valence-electron chi connectivity index (χ3n) is 4.45. The Labute approximate surface area is 139 Å². The van der Waals surface area contributed by atoms with Crippen molar-refractivity contribution in [3.8, 4) is 0 Å². The van der Waals surface area contributed by atoms with E-state index in [1.54, 1.807) is 18.3 Å². The van der Waals surface area contributed by atoms with Crippen LogP contribution in [0.5, 0.6) is 0 Å². The lowest BCUT2D eigenvalue weighted by Crippen LogP contribution is -2.43. The van der Waals surface area contributed by atoms with Crippen molar-refractivity contribution in [2.24, 2.45) is 5.92 Å². The molecular formula is C17H20N4O3. The van der Waals surface area contributed by atoms with Crippen LogP contribution in [0, 0.1) is 16.0 Å². The van der Waals surface area contributed by atoms with Crippen molar-refractivity contribution in [3.05, 3.63) is 40.7 Å². The number of carbonyl (C=O) groups excluding carboxylic acids is 1. The number of anilines is 1. The Balaban J connectivity index is 1.96. The number of nitrogens with one attached hydrogen (secondary N) is 1. The summed E-state index contributed by atoms with van der Waals surface area (Å²) in [6.07, 6.45) is 4.96. The summed E-state index contributed by atoms with van der Waals surface area (Å²) in [5, 5.41) is 15.4. The smallest absolute Gasteiger partial charge is 0.278 e. The first kappa shape index (κ1) is 16.2. The van der Waals surface area contributed by atoms with E-state index in [1.165, 1.54) is 12.3 Å². The maximum absolute atomic E-state index is 12.1. The van der Waals surface area contributed by atoms with Gasteiger partial charge in [0.25, 0.3) is 5.69 Å². The van der Waals surface area contributed by atoms with E-state index in [1.807, 2.05) is 6.92 Å². The minimum atomic E-state index is -0.387. The van der Waals surface area contributed by atoms with Crippen LogP contribution in [0.3, 0.4) is 0 Å². The summed E-state index contributed by atoms with van der Waals surface area (Å²) in [5.74, 6) is 0.0286. The normalized spacial score (nSPS) is 17.7. The maximum atomic E-state index is 12.1. The number of piperidine rings is 1. The first-order valence-corrected chi connectivity index (χ1v) is 8.15. The van der Waals surface area contributed by atoms with Crippen LogP contribution < -0.4 is 10.2 Å². The lowest BCUT2D eigenvalue weighted by molar-refractivity contribution is -0.383. The highest BCUT2D eigenvalue weighted by Crippen LogP contribution is 2.34. The van der Waals surface area contributed by atoms with Gasteiger partial charge in [-0.25, -0.2) is 0 Å². The molecule has 1 fully saturated rings. The van der Waals surface area contributed by atoms with Gasteiger partial charge in [0.1, 0.15) is 0 Å². The monoisotopic (exact) mass is 328 g/mol. The molecule has 0 radical (unpaired) electrons. The molecule has 2 aromatic rings. The highest BCUT2D eigenvalue weighted by molar-refractivity contribution is 5.99. The van der Waals surface area contributed by atoms with Crippen LogP contribution >= 0.6 is 0 Å². The van der Waals surface area contributed by atoms with Crippen molar-refractivity contribution < 1.29 is 9.72 Å². The zero-order valence-corrected chi connectivity index (χ0v) is 13.6. The Morgan fingerprint density at radius 3 is 3.00 bits per heavy atom. The van der Waals surface area contributed by atoms with Crippen molar-refractivity contribution in [2.75, 3.05) is 24.5 Å². The lowest BCUT2D eigenvalue weighted by Gasteiger charge is -2.34. The van der Waals surface area contributed by atoms with Crippen LogP contribution in [0.25, 0.3) is 10.8 Å². The molecule has 126 valence electrons. The number of nitro groups is 1. The molecule has 1 atom stereocenters. The van der Waals surface area contributed by atoms with Gasteiger partial charge in [-0.1, -0.05) is 0 Å². The summed E-state index contributed by atoms with van der Waals surface area (Å²) in [7, 11) is 0. The first-order valence-electron chi connectivity index (χ1n) is 8.15. The third kappa shape index (κ3) is 3.02. The molecule has 1 aliphatic heterocycles. The lowest BCUT2D eigenvalue weighted by atomic mass is 9.95. The van der Waals surface area contributed by atoms with Crippen LogP contribution in [0.15, 0.2) is 30.6 Å². The van der Waals surface area contributed by atoms with Crippen molar-refractivity contribution >= 4 is 28.1 Å². The fourth-order valence-corrected chi connectivity index (χ4v) is 3.32. The summed E-state index contributed by atoms with van der Waals surface area (Å²) in [6.45, 7) is 4.00. The molecule has 7 heteroatoms. The first-order chi connectivity index (χ1) is 11.6. The number of hydrogen-bond acceptors (Lipinski definition) is 5. The predicted molar refractivity (Wildman–Crippen MR) is 92.0 cm³/mol. The molecule has 0 saturated carbocycles. The number of fused-ring (bicyclic) bond motifs is 1. The molecule has 1 aliphatic rings. The van der Waals surface area contributed by atoms with Crippen molar-refractivity contribution in [3.63, 3.8) is 0 Å². The van der Waals surface area contributed by atoms with E-state index in [2.05, 4.69) is 15.2 Å². The SMILES string of the molecule is CCNC(=O)C1CCCN(c2ccc([N+](=O)[O-])c3cnccc23)C1. The van der Waals surface area contributed by atoms with Crippen LogP contribution in [-0.4, -0.2) is 35.4 Å². The number of hydrogen-bond donors (Lipinski definition) is 1. The van der Waals surface area contributed by atoms with Gasteiger partial charge in [0.15, 0.2) is 0 Å². The Kier molecular flexibility index (Phi) is 4.59. The third-order valence-corrected chi connectivity index (χ3v) is 4.45. The van der Waals surface area contributed by atoms with Gasteiger partial charge in [0, 0.05) is 49.2 Å². The average molecular weight is 328 g/mol. The van der Waals surface area contributed by atoms with Crippen molar-refractivity contribution in [1.29, 1.82) is 0 Å². The number of aromatic nitrogens is 1. The molecule has 1 aromatic heterocycles. The standard InChI is InChI=1S/C17H20N4O3/c1-2-19-17(22)12-4-3-9-20(11-12)15-5-6-16(21(23)24)14-10-18-8-7-13(14)15/h5-8,10,12H,2-4,9,11H2,1H3,(H,19,22). The number of pyridine rings is 1. The van der Waals surface area contributed by atoms with Gasteiger partial charge in [-0.2, -0.15) is 0 Å². The second kappa shape index (κ2) is 6.82. The number of nitro benzene ring substituents is 1. The largest absolute Gasteiger partial charge is 0.370 e. The fraction of sp³-hybridized carbons (Fsp3) is 0.412. The molecule has 0 bridgehead atoms. The van der Waals surface area contributed by atoms with E-state index in [0.29, 0.717) is 18.5 Å². The molecule has 1 N–H and O–H groups in total. The summed E-state index contributed by atoms with van der Waals surface area (Å²) in [4.78, 5) is 29.2. The van der Waals surface area contributed by atoms with Crippen LogP contribution in [0.1, 0.15) is 19.8 Å². The van der Waals surface area contributed by atoms with Crippen LogP contribution in [-0.2, 0) is 4.79 Å². The van der Waals surface area contributed by atoms with Gasteiger partial charge in [0.05, 0.1) is 16.2 Å². The summed E-state index contributed by atoms with van der Waals surface area (Å²) in [5.41, 5.74) is 0.978. The Morgan fingerprint density at radius 2 is 2.25 bits per heavy atom. The minimum Gasteiger partial charge on any atom is -0.370 e. The van der Waals surface area contributed by atoms with E-state index in [0.717, 1.165) is 30.5 Å². The summed E-state index contributed by atoms with van der Waals surface area (Å²) >= 11 is 0. The second-order valence-electron chi connectivity index (χ2n) is 5.96. The zero-order valence-electron chi connectivity index (χ0n) is 13.6. The molecule has 0 spiro atoms. The summed E-state index contributed by atoms with van der Waals surface area (Å²) in [6, 6.07) is 5.10. The fourth-order valence-electron chi connectivity index (χ4n) is 3.32. The molecule has 1 unspecified atom stereocenters. The average Bonchev–Trinajstić information content (AvgIpc) is 2.61. The highest BCUT2D eigenvalue weighted by Gasteiger charge is 2.27. The quantitative estimate of drug-likeness (QED) is 0.688. The van der Waals surface area contributed by atoms with Crippen molar-refractivity contribution in [2.45, 2.75) is 19.8 Å². The van der Waals surface area contributed by atoms with Gasteiger partial charge < -0.3 is 10.2 Å². The van der Waals surface area contributed by atoms with E-state index in [-0.39, 0.29) is 22.4 Å². The molecule has 3 rings (SSSR count). The number of benzene rings is 1. The van der Waals surface area contributed by atoms with Gasteiger partial charge >= 0.3 is 0 Å². The number of rotatable bonds is 4. The Hall–Kier alpha value is -2.70. The minimum absolute atomic E-state index is 0.0502. The van der Waals surface area contributed by atoms with E-state index in [4.69, 9.17) is 0 Å². The number of non-ortho nitro benzene ring substituents is 1. The number of carbonyl (C=O) groups is 1. The molecule has 1 aromatic carbocycles. The zero-order chi connectivity index (χ0) is 17.1. The molecule has 7 nitrogen and oxygen atoms in total. The second-order valence-corrected chi connectivity index (χ2v) is 5.96. The predicted octanol–water partition coefficient (Wildman–Crippen LogP) is 2.50. The summed E-state index contributed by atoms with van der Waals surface area (Å²) < 4.78 is 0. The Morgan fingerprint density at radius 1 is 1.42 bits per heavy atom. The van der Waals surface area contributed by atoms with E-state index >= 15 is 0 Å². The molecule has 24 heavy (non-hydrogen) atoms. The Bertz CT molecular complexity index is 778. The molecule has 1 saturated heterocycles. The van der Waals surface area contributed by atoms with Gasteiger partial charge in [0.2, 0.25) is 5.91 Å². The molecule has 0 aliphatic carbocycles.